The molecule has 1 aliphatic rings. The standard InChI is InChI=1S/C30H40N4O3/c1-17-14-18(2)32-30(36)23(17)15-26-25(27-8-7-13-37-27)16-24(29(31)35)19(3)28(26)33-20(4)21-9-11-22(12-10-21)34(5)6/h7-8,13-14,16,20-22,33H,9-12,15H2,1-6H3,(H2,31,35)(H,32,36). The van der Waals surface area contributed by atoms with E-state index in [1.54, 1.807) is 6.26 Å². The van der Waals surface area contributed by atoms with Crippen LogP contribution < -0.4 is 16.6 Å². The van der Waals surface area contributed by atoms with Crippen LogP contribution in [0.25, 0.3) is 11.3 Å². The van der Waals surface area contributed by atoms with Crippen molar-refractivity contribution in [2.24, 2.45) is 11.7 Å². The third kappa shape index (κ3) is 5.67. The van der Waals surface area contributed by atoms with Crippen molar-refractivity contribution in [3.63, 3.8) is 0 Å². The Bertz CT molecular complexity index is 1320. The molecule has 1 fully saturated rings. The van der Waals surface area contributed by atoms with E-state index < -0.39 is 5.91 Å². The highest BCUT2D eigenvalue weighted by Crippen LogP contribution is 2.38. The molecule has 1 atom stereocenters. The zero-order valence-electron chi connectivity index (χ0n) is 22.9. The van der Waals surface area contributed by atoms with Crippen molar-refractivity contribution in [2.45, 2.75) is 71.9 Å². The molecule has 1 unspecified atom stereocenters. The van der Waals surface area contributed by atoms with Gasteiger partial charge in [0.1, 0.15) is 5.76 Å². The molecule has 2 aromatic heterocycles. The Kier molecular flexibility index (Phi) is 7.93. The summed E-state index contributed by atoms with van der Waals surface area (Å²) in [6.45, 7) is 8.00. The van der Waals surface area contributed by atoms with Gasteiger partial charge in [0.15, 0.2) is 0 Å². The number of carbonyl (C=O) groups is 1. The number of nitrogens with zero attached hydrogens (tertiary/aromatic N) is 1. The molecule has 37 heavy (non-hydrogen) atoms. The second-order valence-electron chi connectivity index (χ2n) is 10.9. The van der Waals surface area contributed by atoms with Gasteiger partial charge in [-0.05, 0) is 114 Å². The van der Waals surface area contributed by atoms with Crippen molar-refractivity contribution in [2.75, 3.05) is 19.4 Å². The zero-order chi connectivity index (χ0) is 26.9. The predicted molar refractivity (Wildman–Crippen MR) is 149 cm³/mol. The fourth-order valence-electron chi connectivity index (χ4n) is 5.86. The minimum Gasteiger partial charge on any atom is -0.464 e. The topological polar surface area (TPSA) is 104 Å². The number of pyridine rings is 1. The van der Waals surface area contributed by atoms with Crippen molar-refractivity contribution in [1.82, 2.24) is 9.88 Å². The second kappa shape index (κ2) is 11.0. The Hall–Kier alpha value is -3.32. The third-order valence-corrected chi connectivity index (χ3v) is 8.14. The van der Waals surface area contributed by atoms with Gasteiger partial charge in [-0.1, -0.05) is 0 Å². The number of aromatic amines is 1. The van der Waals surface area contributed by atoms with E-state index in [-0.39, 0.29) is 11.6 Å². The molecule has 1 saturated carbocycles. The number of carbonyl (C=O) groups excluding carboxylic acids is 1. The van der Waals surface area contributed by atoms with Gasteiger partial charge in [-0.2, -0.15) is 0 Å². The number of amides is 1. The lowest BCUT2D eigenvalue weighted by atomic mass is 9.81. The Morgan fingerprint density at radius 3 is 2.43 bits per heavy atom. The number of primary amides is 1. The van der Waals surface area contributed by atoms with Gasteiger partial charge in [0, 0.05) is 46.6 Å². The van der Waals surface area contributed by atoms with E-state index in [1.807, 2.05) is 45.0 Å². The SMILES string of the molecule is Cc1cc(C)c(Cc2c(-c3ccco3)cc(C(N)=O)c(C)c2NC(C)C2CCC(N(C)C)CC2)c(=O)[nH]1. The van der Waals surface area contributed by atoms with Gasteiger partial charge < -0.3 is 25.4 Å². The summed E-state index contributed by atoms with van der Waals surface area (Å²) in [5, 5.41) is 3.79. The molecule has 1 amide bonds. The second-order valence-corrected chi connectivity index (χ2v) is 10.9. The summed E-state index contributed by atoms with van der Waals surface area (Å²) >= 11 is 0. The number of H-pyrrole nitrogens is 1. The number of nitrogens with one attached hydrogen (secondary N) is 2. The van der Waals surface area contributed by atoms with Gasteiger partial charge in [0.25, 0.3) is 5.56 Å². The molecule has 198 valence electrons. The maximum Gasteiger partial charge on any atom is 0.251 e. The summed E-state index contributed by atoms with van der Waals surface area (Å²) in [5.41, 5.74) is 12.0. The molecular weight excluding hydrogens is 464 g/mol. The first-order chi connectivity index (χ1) is 17.6. The van der Waals surface area contributed by atoms with Crippen molar-refractivity contribution < 1.29 is 9.21 Å². The highest BCUT2D eigenvalue weighted by molar-refractivity contribution is 5.98. The van der Waals surface area contributed by atoms with Crippen LogP contribution in [0.2, 0.25) is 0 Å². The summed E-state index contributed by atoms with van der Waals surface area (Å²) in [5.74, 6) is 0.668. The third-order valence-electron chi connectivity index (χ3n) is 8.14. The lowest BCUT2D eigenvalue weighted by Crippen LogP contribution is -2.37. The number of furan rings is 1. The van der Waals surface area contributed by atoms with Gasteiger partial charge in [-0.25, -0.2) is 0 Å². The van der Waals surface area contributed by atoms with Crippen LogP contribution >= 0.6 is 0 Å². The Balaban J connectivity index is 1.81. The number of benzene rings is 1. The molecule has 3 aromatic rings. The van der Waals surface area contributed by atoms with E-state index in [0.29, 0.717) is 35.3 Å². The van der Waals surface area contributed by atoms with Gasteiger partial charge in [-0.3, -0.25) is 9.59 Å². The van der Waals surface area contributed by atoms with Crippen LogP contribution in [0.15, 0.2) is 39.7 Å². The number of anilines is 1. The van der Waals surface area contributed by atoms with Crippen molar-refractivity contribution in [3.8, 4) is 11.3 Å². The minimum absolute atomic E-state index is 0.0967. The fraction of sp³-hybridized carbons (Fsp3) is 0.467. The van der Waals surface area contributed by atoms with Crippen LogP contribution in [0.5, 0.6) is 0 Å². The molecule has 0 spiro atoms. The van der Waals surface area contributed by atoms with E-state index in [0.717, 1.165) is 46.5 Å². The Labute approximate surface area is 219 Å². The maximum atomic E-state index is 13.0. The molecular formula is C30H40N4O3. The lowest BCUT2D eigenvalue weighted by Gasteiger charge is -2.36. The molecule has 7 heteroatoms. The number of rotatable bonds is 8. The van der Waals surface area contributed by atoms with Crippen LogP contribution in [-0.2, 0) is 6.42 Å². The van der Waals surface area contributed by atoms with Crippen LogP contribution in [0.1, 0.15) is 70.9 Å². The first-order valence-corrected chi connectivity index (χ1v) is 13.2. The summed E-state index contributed by atoms with van der Waals surface area (Å²) < 4.78 is 5.79. The minimum atomic E-state index is -0.483. The molecule has 4 rings (SSSR count). The molecule has 2 heterocycles. The maximum absolute atomic E-state index is 13.0. The van der Waals surface area contributed by atoms with Crippen LogP contribution in [0.3, 0.4) is 0 Å². The molecule has 0 saturated heterocycles. The first kappa shape index (κ1) is 26.7. The number of hydrogen-bond donors (Lipinski definition) is 3. The number of nitrogens with two attached hydrogens (primary N) is 1. The quantitative estimate of drug-likeness (QED) is 0.393. The predicted octanol–water partition coefficient (Wildman–Crippen LogP) is 5.17. The fourth-order valence-corrected chi connectivity index (χ4v) is 5.86. The van der Waals surface area contributed by atoms with E-state index in [4.69, 9.17) is 10.2 Å². The van der Waals surface area contributed by atoms with Gasteiger partial charge in [0.05, 0.1) is 6.26 Å². The van der Waals surface area contributed by atoms with E-state index in [2.05, 4.69) is 36.2 Å². The average molecular weight is 505 g/mol. The summed E-state index contributed by atoms with van der Waals surface area (Å²) in [7, 11) is 4.31. The van der Waals surface area contributed by atoms with Crippen LogP contribution in [0, 0.1) is 26.7 Å². The average Bonchev–Trinajstić information content (AvgIpc) is 3.37. The monoisotopic (exact) mass is 504 g/mol. The van der Waals surface area contributed by atoms with Crippen LogP contribution in [-0.4, -0.2) is 42.0 Å². The molecule has 1 aliphatic carbocycles. The summed E-state index contributed by atoms with van der Waals surface area (Å²) in [4.78, 5) is 30.8. The van der Waals surface area contributed by atoms with Gasteiger partial charge in [0.2, 0.25) is 5.91 Å². The molecule has 7 nitrogen and oxygen atoms in total. The first-order valence-electron chi connectivity index (χ1n) is 13.2. The van der Waals surface area contributed by atoms with Crippen molar-refractivity contribution in [3.05, 3.63) is 74.4 Å². The lowest BCUT2D eigenvalue weighted by molar-refractivity contribution is 0.0999. The van der Waals surface area contributed by atoms with Gasteiger partial charge >= 0.3 is 0 Å². The summed E-state index contributed by atoms with van der Waals surface area (Å²) in [6, 6.07) is 8.31. The normalized spacial score (nSPS) is 18.7. The van der Waals surface area contributed by atoms with E-state index in [9.17, 15) is 9.59 Å². The van der Waals surface area contributed by atoms with Crippen LogP contribution in [0.4, 0.5) is 5.69 Å². The Morgan fingerprint density at radius 1 is 1.16 bits per heavy atom. The number of aromatic nitrogens is 1. The van der Waals surface area contributed by atoms with Crippen molar-refractivity contribution in [1.29, 1.82) is 0 Å². The highest BCUT2D eigenvalue weighted by Gasteiger charge is 2.28. The smallest absolute Gasteiger partial charge is 0.251 e. The van der Waals surface area contributed by atoms with E-state index >= 15 is 0 Å². The highest BCUT2D eigenvalue weighted by atomic mass is 16.3. The number of hydrogen-bond acceptors (Lipinski definition) is 5. The molecule has 1 aromatic carbocycles. The zero-order valence-corrected chi connectivity index (χ0v) is 22.9. The molecule has 0 radical (unpaired) electrons. The van der Waals surface area contributed by atoms with E-state index in [1.165, 1.54) is 12.8 Å². The number of aryl methyl sites for hydroxylation is 2. The largest absolute Gasteiger partial charge is 0.464 e. The summed E-state index contributed by atoms with van der Waals surface area (Å²) in [6.07, 6.45) is 6.65. The molecule has 0 bridgehead atoms. The molecule has 4 N–H and O–H groups in total. The van der Waals surface area contributed by atoms with Gasteiger partial charge in [-0.15, -0.1) is 0 Å². The van der Waals surface area contributed by atoms with Crippen molar-refractivity contribution >= 4 is 11.6 Å². The molecule has 0 aliphatic heterocycles. The Morgan fingerprint density at radius 2 is 1.86 bits per heavy atom.